The lowest BCUT2D eigenvalue weighted by molar-refractivity contribution is -0.459. The molecule has 56 heavy (non-hydrogen) atoms. The molecule has 0 amide bonds. The molecule has 0 bridgehead atoms. The van der Waals surface area contributed by atoms with E-state index >= 15 is 0 Å². The first kappa shape index (κ1) is 40.4. The quantitative estimate of drug-likeness (QED) is 0.155. The smallest absolute Gasteiger partial charge is 0.323 e. The van der Waals surface area contributed by atoms with E-state index in [2.05, 4.69) is 4.98 Å². The highest BCUT2D eigenvalue weighted by Crippen LogP contribution is 2.57. The van der Waals surface area contributed by atoms with Crippen LogP contribution in [0.25, 0.3) is 0 Å². The van der Waals surface area contributed by atoms with Crippen molar-refractivity contribution in [1.82, 2.24) is 4.98 Å². The number of nitro groups is 12. The lowest BCUT2D eigenvalue weighted by Crippen LogP contribution is -2.14. The second kappa shape index (κ2) is 14.3. The minimum Gasteiger partial charge on any atom is -0.323 e. The predicted octanol–water partition coefficient (Wildman–Crippen LogP) is 3.47. The highest BCUT2D eigenvalue weighted by atomic mass is 16.7. The summed E-state index contributed by atoms with van der Waals surface area (Å²) in [5.41, 5.74) is -33.1. The summed E-state index contributed by atoms with van der Waals surface area (Å²) in [5.74, 6) is -3.91. The Bertz CT molecular complexity index is 2210. The van der Waals surface area contributed by atoms with E-state index < -0.39 is 150 Å². The number of nitrogens with zero attached hydrogens (tertiary/aromatic N) is 13. The molecule has 1 heterocycles. The SMILES string of the molecule is O=[N+]([O-])c1cc([N+](=O)[O-])c(Nc2c([N+](=O)[O-])c([N+](=O)[O-])c([N+](=O)[O-])c([N+](=O)[O-])c2[N+](=O)[O-])nc1Nc1c([N+](=O)[O-])c([N+](=O)[O-])c([N+](=O)[O-])c([N+](=O)[O-])c1[N+](=O)[O-]. The summed E-state index contributed by atoms with van der Waals surface area (Å²) in [6, 6.07) is -0.352. The Balaban J connectivity index is 2.73. The van der Waals surface area contributed by atoms with Gasteiger partial charge in [0.1, 0.15) is 6.07 Å². The van der Waals surface area contributed by atoms with Gasteiger partial charge in [0.2, 0.25) is 23.0 Å². The van der Waals surface area contributed by atoms with Gasteiger partial charge in [0, 0.05) is 0 Å². The Hall–Kier alpha value is -10.0. The van der Waals surface area contributed by atoms with Gasteiger partial charge in [-0.2, -0.15) is 4.98 Å². The Kier molecular flexibility index (Phi) is 10.3. The summed E-state index contributed by atoms with van der Waals surface area (Å²) in [4.78, 5) is 121. The van der Waals surface area contributed by atoms with Crippen LogP contribution in [0.1, 0.15) is 0 Å². The zero-order valence-electron chi connectivity index (χ0n) is 25.2. The molecule has 0 saturated carbocycles. The summed E-state index contributed by atoms with van der Waals surface area (Å²) >= 11 is 0. The molecule has 0 unspecified atom stereocenters. The second-order valence-electron chi connectivity index (χ2n) is 9.30. The van der Waals surface area contributed by atoms with Crippen LogP contribution in [-0.4, -0.2) is 64.1 Å². The summed E-state index contributed by atoms with van der Waals surface area (Å²) in [5, 5.41) is 145. The van der Waals surface area contributed by atoms with E-state index in [4.69, 9.17) is 0 Å². The first-order valence-electron chi connectivity index (χ1n) is 12.6. The molecule has 290 valence electrons. The lowest BCUT2D eigenvalue weighted by atomic mass is 10.1. The minimum atomic E-state index is -2.50. The normalized spacial score (nSPS) is 10.4. The van der Waals surface area contributed by atoms with E-state index in [1.807, 2.05) is 0 Å². The van der Waals surface area contributed by atoms with Gasteiger partial charge in [-0.1, -0.05) is 0 Å². The van der Waals surface area contributed by atoms with Crippen molar-refractivity contribution in [3.63, 3.8) is 0 Å². The van der Waals surface area contributed by atoms with E-state index in [1.54, 1.807) is 0 Å². The number of benzene rings is 2. The zero-order chi connectivity index (χ0) is 43.0. The van der Waals surface area contributed by atoms with Crippen molar-refractivity contribution in [1.29, 1.82) is 0 Å². The van der Waals surface area contributed by atoms with E-state index in [1.165, 1.54) is 10.6 Å². The monoisotopic (exact) mass is 801 g/mol. The first-order valence-corrected chi connectivity index (χ1v) is 12.6. The van der Waals surface area contributed by atoms with Crippen molar-refractivity contribution in [2.45, 2.75) is 0 Å². The predicted molar refractivity (Wildman–Crippen MR) is 164 cm³/mol. The van der Waals surface area contributed by atoms with Crippen LogP contribution in [0, 0.1) is 121 Å². The number of nitro benzene ring substituents is 10. The third kappa shape index (κ3) is 6.72. The van der Waals surface area contributed by atoms with Crippen LogP contribution in [-0.2, 0) is 0 Å². The molecule has 0 aliphatic carbocycles. The van der Waals surface area contributed by atoms with Gasteiger partial charge in [-0.25, -0.2) is 0 Å². The number of pyridine rings is 1. The van der Waals surface area contributed by atoms with Crippen molar-refractivity contribution in [2.75, 3.05) is 10.6 Å². The highest BCUT2D eigenvalue weighted by molar-refractivity contribution is 5.98. The molecule has 1 aromatic heterocycles. The number of nitrogens with one attached hydrogen (secondary N) is 2. The van der Waals surface area contributed by atoms with Gasteiger partial charge in [-0.05, 0) is 0 Å². The molecular weight excluding hydrogens is 798 g/mol. The fourth-order valence-corrected chi connectivity index (χ4v) is 4.55. The van der Waals surface area contributed by atoms with Crippen LogP contribution >= 0.6 is 0 Å². The molecule has 3 aromatic rings. The van der Waals surface area contributed by atoms with E-state index in [0.717, 1.165) is 0 Å². The standard InChI is InChI=1S/C17H3N15O24/c33-21(34)2-1-3(22(35)36)17(19-5-8(25(41)42)12(29(49)50)15(32(55)56)13(30(51)52)9(5)26(43)44)20-16(2)18-4-6(23(37)38)10(27(45)46)14(31(53)54)11(28(47)48)7(4)24(39)40/h1H,(H2,18,19,20). The van der Waals surface area contributed by atoms with Crippen LogP contribution in [0.5, 0.6) is 0 Å². The van der Waals surface area contributed by atoms with Crippen LogP contribution in [0.3, 0.4) is 0 Å². The van der Waals surface area contributed by atoms with Gasteiger partial charge in [0.15, 0.2) is 0 Å². The third-order valence-corrected chi connectivity index (χ3v) is 6.43. The zero-order valence-corrected chi connectivity index (χ0v) is 25.2. The van der Waals surface area contributed by atoms with Crippen LogP contribution in [0.2, 0.25) is 0 Å². The molecule has 0 aliphatic heterocycles. The molecule has 0 atom stereocenters. The third-order valence-electron chi connectivity index (χ3n) is 6.43. The fourth-order valence-electron chi connectivity index (χ4n) is 4.55. The van der Waals surface area contributed by atoms with Crippen molar-refractivity contribution < 1.29 is 59.1 Å². The first-order chi connectivity index (χ1) is 25.8. The average Bonchev–Trinajstić information content (AvgIpc) is 3.05. The number of hydrogen-bond donors (Lipinski definition) is 2. The number of anilines is 4. The number of hydrogen-bond acceptors (Lipinski definition) is 27. The second-order valence-corrected chi connectivity index (χ2v) is 9.30. The Morgan fingerprint density at radius 1 is 0.304 bits per heavy atom. The Morgan fingerprint density at radius 2 is 0.482 bits per heavy atom. The molecule has 0 saturated heterocycles. The summed E-state index contributed by atoms with van der Waals surface area (Å²) in [6.45, 7) is 0. The number of rotatable bonds is 16. The maximum Gasteiger partial charge on any atom is 0.437 e. The van der Waals surface area contributed by atoms with Gasteiger partial charge in [-0.15, -0.1) is 0 Å². The molecule has 39 nitrogen and oxygen atoms in total. The number of aromatic nitrogens is 1. The van der Waals surface area contributed by atoms with Gasteiger partial charge < -0.3 is 10.6 Å². The molecule has 39 heteroatoms. The van der Waals surface area contributed by atoms with Crippen LogP contribution in [0.4, 0.5) is 91.3 Å². The van der Waals surface area contributed by atoms with E-state index in [0.29, 0.717) is 0 Å². The molecule has 3 rings (SSSR count). The van der Waals surface area contributed by atoms with Crippen molar-refractivity contribution in [3.8, 4) is 0 Å². The van der Waals surface area contributed by atoms with Gasteiger partial charge in [-0.3, -0.25) is 121 Å². The van der Waals surface area contributed by atoms with E-state index in [-0.39, 0.29) is 6.07 Å². The van der Waals surface area contributed by atoms with Crippen LogP contribution in [0.15, 0.2) is 6.07 Å². The van der Waals surface area contributed by atoms with Crippen LogP contribution < -0.4 is 10.6 Å². The molecular formula is C17H3N15O24. The summed E-state index contributed by atoms with van der Waals surface area (Å²) in [7, 11) is 0. The highest BCUT2D eigenvalue weighted by Gasteiger charge is 2.57. The Labute approximate surface area is 294 Å². The largest absolute Gasteiger partial charge is 0.437 e. The fraction of sp³-hybridized carbons (Fsp3) is 0. The minimum absolute atomic E-state index is 0.352. The van der Waals surface area contributed by atoms with Gasteiger partial charge in [0.25, 0.3) is 0 Å². The molecule has 2 aromatic carbocycles. The van der Waals surface area contributed by atoms with Gasteiger partial charge in [0.05, 0.1) is 59.1 Å². The molecule has 2 N–H and O–H groups in total. The van der Waals surface area contributed by atoms with E-state index in [9.17, 15) is 121 Å². The molecule has 0 spiro atoms. The lowest BCUT2D eigenvalue weighted by Gasteiger charge is -2.12. The molecule has 0 radical (unpaired) electrons. The molecule has 0 aliphatic rings. The van der Waals surface area contributed by atoms with Crippen molar-refractivity contribution in [3.05, 3.63) is 127 Å². The maximum atomic E-state index is 12.0. The topological polar surface area (TPSA) is 555 Å². The molecule has 0 fully saturated rings. The summed E-state index contributed by atoms with van der Waals surface area (Å²) < 4.78 is 0. The van der Waals surface area contributed by atoms with Gasteiger partial charge >= 0.3 is 68.2 Å². The Morgan fingerprint density at radius 3 is 0.643 bits per heavy atom. The average molecular weight is 801 g/mol. The van der Waals surface area contributed by atoms with Crippen molar-refractivity contribution >= 4 is 91.3 Å². The summed E-state index contributed by atoms with van der Waals surface area (Å²) in [6.07, 6.45) is 0. The van der Waals surface area contributed by atoms with Crippen molar-refractivity contribution in [2.24, 2.45) is 0 Å². The maximum absolute atomic E-state index is 12.0.